The van der Waals surface area contributed by atoms with Gasteiger partial charge in [0.2, 0.25) is 0 Å². The average Bonchev–Trinajstić information content (AvgIpc) is 3.07. The van der Waals surface area contributed by atoms with Crippen LogP contribution in [-0.4, -0.2) is 22.7 Å². The van der Waals surface area contributed by atoms with Crippen molar-refractivity contribution < 1.29 is 4.74 Å². The van der Waals surface area contributed by atoms with Crippen molar-refractivity contribution in [2.45, 2.75) is 25.3 Å². The van der Waals surface area contributed by atoms with Crippen LogP contribution in [0.3, 0.4) is 0 Å². The van der Waals surface area contributed by atoms with E-state index in [9.17, 15) is 0 Å². The van der Waals surface area contributed by atoms with E-state index in [4.69, 9.17) is 4.74 Å². The minimum absolute atomic E-state index is 0.193. The van der Waals surface area contributed by atoms with Gasteiger partial charge in [-0.3, -0.25) is 0 Å². The molecular formula is C16H21N3O. The zero-order chi connectivity index (χ0) is 13.9. The number of hydrogen-bond acceptors (Lipinski definition) is 3. The SMILES string of the molecule is CCCNC(c1nccn1C)C1COc2ccccc21. The Morgan fingerprint density at radius 1 is 1.45 bits per heavy atom. The van der Waals surface area contributed by atoms with Crippen molar-refractivity contribution in [1.29, 1.82) is 0 Å². The highest BCUT2D eigenvalue weighted by atomic mass is 16.5. The van der Waals surface area contributed by atoms with Crippen LogP contribution >= 0.6 is 0 Å². The van der Waals surface area contributed by atoms with Crippen LogP contribution < -0.4 is 10.1 Å². The molecule has 4 heteroatoms. The summed E-state index contributed by atoms with van der Waals surface area (Å²) in [6.45, 7) is 3.88. The van der Waals surface area contributed by atoms with Crippen molar-refractivity contribution in [3.8, 4) is 5.75 Å². The van der Waals surface area contributed by atoms with E-state index in [1.54, 1.807) is 0 Å². The number of nitrogens with one attached hydrogen (secondary N) is 1. The highest BCUT2D eigenvalue weighted by molar-refractivity contribution is 5.41. The molecule has 2 unspecified atom stereocenters. The second-order valence-corrected chi connectivity index (χ2v) is 5.28. The Balaban J connectivity index is 1.93. The summed E-state index contributed by atoms with van der Waals surface area (Å²) >= 11 is 0. The lowest BCUT2D eigenvalue weighted by Crippen LogP contribution is -2.30. The van der Waals surface area contributed by atoms with E-state index in [0.29, 0.717) is 12.5 Å². The number of hydrogen-bond donors (Lipinski definition) is 1. The summed E-state index contributed by atoms with van der Waals surface area (Å²) in [5.41, 5.74) is 1.28. The summed E-state index contributed by atoms with van der Waals surface area (Å²) in [6, 6.07) is 8.51. The molecule has 0 amide bonds. The molecule has 0 aliphatic carbocycles. The molecule has 0 spiro atoms. The Morgan fingerprint density at radius 2 is 2.30 bits per heavy atom. The monoisotopic (exact) mass is 271 g/mol. The number of benzene rings is 1. The van der Waals surface area contributed by atoms with Gasteiger partial charge in [-0.2, -0.15) is 0 Å². The van der Waals surface area contributed by atoms with Gasteiger partial charge < -0.3 is 14.6 Å². The standard InChI is InChI=1S/C16H21N3O/c1-3-8-17-15(16-18-9-10-19(16)2)13-11-20-14-7-5-4-6-12(13)14/h4-7,9-10,13,15,17H,3,8,11H2,1-2H3. The zero-order valence-corrected chi connectivity index (χ0v) is 12.0. The molecule has 3 rings (SSSR count). The molecular weight excluding hydrogens is 250 g/mol. The van der Waals surface area contributed by atoms with Gasteiger partial charge in [-0.25, -0.2) is 4.98 Å². The Kier molecular flexibility index (Phi) is 3.74. The zero-order valence-electron chi connectivity index (χ0n) is 12.0. The van der Waals surface area contributed by atoms with E-state index < -0.39 is 0 Å². The average molecular weight is 271 g/mol. The molecule has 1 aromatic heterocycles. The van der Waals surface area contributed by atoms with Gasteiger partial charge in [0.25, 0.3) is 0 Å². The van der Waals surface area contributed by atoms with Crippen LogP contribution in [0.15, 0.2) is 36.7 Å². The molecule has 0 saturated heterocycles. The maximum Gasteiger partial charge on any atom is 0.126 e. The number of aromatic nitrogens is 2. The normalized spacial score (nSPS) is 18.6. The smallest absolute Gasteiger partial charge is 0.126 e. The Morgan fingerprint density at radius 3 is 3.05 bits per heavy atom. The molecule has 4 nitrogen and oxygen atoms in total. The number of nitrogens with zero attached hydrogens (tertiary/aromatic N) is 2. The predicted molar refractivity (Wildman–Crippen MR) is 78.9 cm³/mol. The van der Waals surface area contributed by atoms with Crippen LogP contribution in [0.25, 0.3) is 0 Å². The topological polar surface area (TPSA) is 39.1 Å². The van der Waals surface area contributed by atoms with E-state index in [1.165, 1.54) is 5.56 Å². The lowest BCUT2D eigenvalue weighted by Gasteiger charge is -2.23. The van der Waals surface area contributed by atoms with E-state index in [1.807, 2.05) is 31.6 Å². The van der Waals surface area contributed by atoms with E-state index in [-0.39, 0.29) is 6.04 Å². The maximum atomic E-state index is 5.83. The Hall–Kier alpha value is -1.81. The fourth-order valence-corrected chi connectivity index (χ4v) is 2.85. The largest absolute Gasteiger partial charge is 0.493 e. The molecule has 1 aliphatic heterocycles. The third-order valence-corrected chi connectivity index (χ3v) is 3.89. The molecule has 20 heavy (non-hydrogen) atoms. The van der Waals surface area contributed by atoms with Crippen molar-refractivity contribution in [3.63, 3.8) is 0 Å². The molecule has 0 saturated carbocycles. The fourth-order valence-electron chi connectivity index (χ4n) is 2.85. The molecule has 0 bridgehead atoms. The predicted octanol–water partition coefficient (Wildman–Crippen LogP) is 2.64. The van der Waals surface area contributed by atoms with Crippen molar-refractivity contribution >= 4 is 0 Å². The van der Waals surface area contributed by atoms with Gasteiger partial charge >= 0.3 is 0 Å². The molecule has 106 valence electrons. The van der Waals surface area contributed by atoms with Gasteiger partial charge in [0.1, 0.15) is 11.6 Å². The molecule has 2 aromatic rings. The highest BCUT2D eigenvalue weighted by Crippen LogP contribution is 2.40. The minimum Gasteiger partial charge on any atom is -0.493 e. The van der Waals surface area contributed by atoms with Crippen molar-refractivity contribution in [2.24, 2.45) is 7.05 Å². The van der Waals surface area contributed by atoms with E-state index in [2.05, 4.69) is 33.9 Å². The Bertz CT molecular complexity index is 579. The Labute approximate surface area is 119 Å². The molecule has 1 N–H and O–H groups in total. The third-order valence-electron chi connectivity index (χ3n) is 3.89. The van der Waals surface area contributed by atoms with Gasteiger partial charge in [-0.15, -0.1) is 0 Å². The van der Waals surface area contributed by atoms with Crippen LogP contribution in [0.2, 0.25) is 0 Å². The van der Waals surface area contributed by atoms with Crippen LogP contribution in [0.1, 0.15) is 36.7 Å². The summed E-state index contributed by atoms with van der Waals surface area (Å²) in [5.74, 6) is 2.40. The summed E-state index contributed by atoms with van der Waals surface area (Å²) in [5, 5.41) is 3.63. The number of rotatable bonds is 5. The molecule has 1 aliphatic rings. The van der Waals surface area contributed by atoms with E-state index in [0.717, 1.165) is 24.5 Å². The first-order valence-corrected chi connectivity index (χ1v) is 7.23. The number of ether oxygens (including phenoxy) is 1. The van der Waals surface area contributed by atoms with Gasteiger partial charge in [-0.1, -0.05) is 25.1 Å². The lowest BCUT2D eigenvalue weighted by molar-refractivity contribution is 0.293. The molecule has 2 heterocycles. The summed E-state index contributed by atoms with van der Waals surface area (Å²) in [7, 11) is 2.05. The van der Waals surface area contributed by atoms with Crippen LogP contribution in [0.4, 0.5) is 0 Å². The van der Waals surface area contributed by atoms with Crippen LogP contribution in [0.5, 0.6) is 5.75 Å². The second-order valence-electron chi connectivity index (χ2n) is 5.28. The van der Waals surface area contributed by atoms with Gasteiger partial charge in [0.15, 0.2) is 0 Å². The van der Waals surface area contributed by atoms with Gasteiger partial charge in [0, 0.05) is 30.9 Å². The molecule has 0 radical (unpaired) electrons. The second kappa shape index (κ2) is 5.67. The van der Waals surface area contributed by atoms with Crippen molar-refractivity contribution in [3.05, 3.63) is 48.0 Å². The van der Waals surface area contributed by atoms with Crippen LogP contribution in [0, 0.1) is 0 Å². The molecule has 1 aromatic carbocycles. The summed E-state index contributed by atoms with van der Waals surface area (Å²) < 4.78 is 7.92. The first-order chi connectivity index (χ1) is 9.81. The molecule has 2 atom stereocenters. The van der Waals surface area contributed by atoms with Crippen molar-refractivity contribution in [1.82, 2.24) is 14.9 Å². The minimum atomic E-state index is 0.193. The van der Waals surface area contributed by atoms with Crippen molar-refractivity contribution in [2.75, 3.05) is 13.2 Å². The number of para-hydroxylation sites is 1. The van der Waals surface area contributed by atoms with E-state index >= 15 is 0 Å². The van der Waals surface area contributed by atoms with Crippen LogP contribution in [-0.2, 0) is 7.05 Å². The first-order valence-electron chi connectivity index (χ1n) is 7.23. The maximum absolute atomic E-state index is 5.83. The fraction of sp³-hybridized carbons (Fsp3) is 0.438. The quantitative estimate of drug-likeness (QED) is 0.908. The first kappa shape index (κ1) is 13.2. The number of aryl methyl sites for hydroxylation is 1. The number of fused-ring (bicyclic) bond motifs is 1. The van der Waals surface area contributed by atoms with Gasteiger partial charge in [0.05, 0.1) is 12.6 Å². The summed E-state index contributed by atoms with van der Waals surface area (Å²) in [4.78, 5) is 4.53. The van der Waals surface area contributed by atoms with Gasteiger partial charge in [-0.05, 0) is 19.0 Å². The highest BCUT2D eigenvalue weighted by Gasteiger charge is 2.33. The summed E-state index contributed by atoms with van der Waals surface area (Å²) in [6.07, 6.45) is 4.96. The lowest BCUT2D eigenvalue weighted by atomic mass is 9.92. The number of imidazole rings is 1. The molecule has 0 fully saturated rings. The third kappa shape index (κ3) is 2.31.